The van der Waals surface area contributed by atoms with E-state index in [9.17, 15) is 9.59 Å². The second kappa shape index (κ2) is 5.95. The average molecular weight is 293 g/mol. The molecule has 2 amide bonds. The normalized spacial score (nSPS) is 32.5. The minimum atomic E-state index is -0.307. The third-order valence-electron chi connectivity index (χ3n) is 5.56. The Kier molecular flexibility index (Phi) is 4.20. The Morgan fingerprint density at radius 3 is 2.48 bits per heavy atom. The highest BCUT2D eigenvalue weighted by Gasteiger charge is 2.44. The maximum atomic E-state index is 12.5. The highest BCUT2D eigenvalue weighted by atomic mass is 16.2. The fraction of sp³-hybridized carbons (Fsp3) is 0.875. The van der Waals surface area contributed by atoms with E-state index in [1.165, 1.54) is 32.1 Å². The van der Waals surface area contributed by atoms with Gasteiger partial charge in [-0.05, 0) is 25.7 Å². The molecule has 0 aromatic rings. The quantitative estimate of drug-likeness (QED) is 0.761. The number of rotatable bonds is 2. The molecule has 1 aliphatic carbocycles. The van der Waals surface area contributed by atoms with Crippen LogP contribution in [-0.4, -0.2) is 71.8 Å². The van der Waals surface area contributed by atoms with Crippen molar-refractivity contribution in [3.8, 4) is 0 Å². The summed E-state index contributed by atoms with van der Waals surface area (Å²) in [4.78, 5) is 30.6. The van der Waals surface area contributed by atoms with Gasteiger partial charge in [-0.2, -0.15) is 0 Å². The summed E-state index contributed by atoms with van der Waals surface area (Å²) in [5.41, 5.74) is 0. The van der Waals surface area contributed by atoms with Crippen LogP contribution in [0.5, 0.6) is 0 Å². The van der Waals surface area contributed by atoms with Crippen molar-refractivity contribution >= 4 is 11.8 Å². The second-order valence-electron chi connectivity index (χ2n) is 6.94. The molecule has 0 unspecified atom stereocenters. The Morgan fingerprint density at radius 2 is 1.76 bits per heavy atom. The molecule has 2 heterocycles. The summed E-state index contributed by atoms with van der Waals surface area (Å²) in [6.45, 7) is 5.27. The molecule has 0 spiro atoms. The SMILES string of the molecule is C[C@H]1C(=O)N2CCN(CC3CCCCC3)C[C@@H]2C(=O)N1C. The number of fused-ring (bicyclic) bond motifs is 1. The van der Waals surface area contributed by atoms with Crippen LogP contribution in [0.2, 0.25) is 0 Å². The molecule has 21 heavy (non-hydrogen) atoms. The van der Waals surface area contributed by atoms with Crippen molar-refractivity contribution in [1.82, 2.24) is 14.7 Å². The Morgan fingerprint density at radius 1 is 1.05 bits per heavy atom. The van der Waals surface area contributed by atoms with Crippen LogP contribution in [0.1, 0.15) is 39.0 Å². The molecule has 1 saturated carbocycles. The first kappa shape index (κ1) is 14.8. The lowest BCUT2D eigenvalue weighted by Crippen LogP contribution is -2.68. The van der Waals surface area contributed by atoms with Crippen molar-refractivity contribution in [2.75, 3.05) is 33.2 Å². The highest BCUT2D eigenvalue weighted by Crippen LogP contribution is 2.26. The number of amides is 2. The van der Waals surface area contributed by atoms with Crippen LogP contribution in [-0.2, 0) is 9.59 Å². The first-order valence-electron chi connectivity index (χ1n) is 8.37. The van der Waals surface area contributed by atoms with Crippen molar-refractivity contribution in [3.05, 3.63) is 0 Å². The predicted molar refractivity (Wildman–Crippen MR) is 80.7 cm³/mol. The van der Waals surface area contributed by atoms with Gasteiger partial charge in [0.25, 0.3) is 0 Å². The molecule has 0 aromatic heterocycles. The molecular formula is C16H27N3O2. The molecule has 0 radical (unpaired) electrons. The molecule has 3 fully saturated rings. The molecule has 118 valence electrons. The number of carbonyl (C=O) groups is 2. The topological polar surface area (TPSA) is 43.9 Å². The first-order chi connectivity index (χ1) is 10.1. The van der Waals surface area contributed by atoms with Gasteiger partial charge in [-0.3, -0.25) is 14.5 Å². The molecule has 0 bridgehead atoms. The van der Waals surface area contributed by atoms with E-state index in [0.717, 1.165) is 25.6 Å². The van der Waals surface area contributed by atoms with Crippen molar-refractivity contribution in [1.29, 1.82) is 0 Å². The summed E-state index contributed by atoms with van der Waals surface area (Å²) in [6, 6.07) is -0.560. The number of piperazine rings is 2. The lowest BCUT2D eigenvalue weighted by molar-refractivity contribution is -0.163. The first-order valence-corrected chi connectivity index (χ1v) is 8.37. The monoisotopic (exact) mass is 293 g/mol. The van der Waals surface area contributed by atoms with E-state index in [0.29, 0.717) is 6.54 Å². The summed E-state index contributed by atoms with van der Waals surface area (Å²) in [5, 5.41) is 0. The van der Waals surface area contributed by atoms with Gasteiger partial charge in [-0.25, -0.2) is 0 Å². The minimum Gasteiger partial charge on any atom is -0.332 e. The molecule has 5 heteroatoms. The van der Waals surface area contributed by atoms with Crippen LogP contribution in [0.15, 0.2) is 0 Å². The maximum absolute atomic E-state index is 12.5. The zero-order valence-electron chi connectivity index (χ0n) is 13.3. The summed E-state index contributed by atoms with van der Waals surface area (Å²) >= 11 is 0. The summed E-state index contributed by atoms with van der Waals surface area (Å²) < 4.78 is 0. The molecule has 0 N–H and O–H groups in total. The van der Waals surface area contributed by atoms with Gasteiger partial charge in [-0.1, -0.05) is 19.3 Å². The van der Waals surface area contributed by atoms with Gasteiger partial charge in [0, 0.05) is 33.2 Å². The maximum Gasteiger partial charge on any atom is 0.247 e. The number of hydrogen-bond acceptors (Lipinski definition) is 3. The van der Waals surface area contributed by atoms with Gasteiger partial charge in [0.1, 0.15) is 12.1 Å². The number of nitrogens with zero attached hydrogens (tertiary/aromatic N) is 3. The molecule has 2 saturated heterocycles. The Labute approximate surface area is 127 Å². The van der Waals surface area contributed by atoms with Crippen LogP contribution in [0.25, 0.3) is 0 Å². The smallest absolute Gasteiger partial charge is 0.247 e. The fourth-order valence-electron chi connectivity index (χ4n) is 4.05. The van der Waals surface area contributed by atoms with Gasteiger partial charge < -0.3 is 9.80 Å². The van der Waals surface area contributed by atoms with E-state index in [4.69, 9.17) is 0 Å². The lowest BCUT2D eigenvalue weighted by atomic mass is 9.88. The van der Waals surface area contributed by atoms with E-state index in [-0.39, 0.29) is 23.9 Å². The van der Waals surface area contributed by atoms with Crippen molar-refractivity contribution in [2.45, 2.75) is 51.1 Å². The van der Waals surface area contributed by atoms with Crippen molar-refractivity contribution in [3.63, 3.8) is 0 Å². The zero-order valence-corrected chi connectivity index (χ0v) is 13.3. The van der Waals surface area contributed by atoms with Gasteiger partial charge >= 0.3 is 0 Å². The zero-order chi connectivity index (χ0) is 15.0. The third-order valence-corrected chi connectivity index (χ3v) is 5.56. The van der Waals surface area contributed by atoms with Crippen LogP contribution >= 0.6 is 0 Å². The lowest BCUT2D eigenvalue weighted by Gasteiger charge is -2.48. The molecule has 2 atom stereocenters. The Bertz CT molecular complexity index is 420. The van der Waals surface area contributed by atoms with Crippen LogP contribution in [0, 0.1) is 5.92 Å². The Hall–Kier alpha value is -1.10. The van der Waals surface area contributed by atoms with Gasteiger partial charge in [-0.15, -0.1) is 0 Å². The largest absolute Gasteiger partial charge is 0.332 e. The molecule has 2 aliphatic heterocycles. The van der Waals surface area contributed by atoms with Crippen LogP contribution in [0.4, 0.5) is 0 Å². The summed E-state index contributed by atoms with van der Waals surface area (Å²) in [6.07, 6.45) is 6.74. The van der Waals surface area contributed by atoms with Crippen LogP contribution < -0.4 is 0 Å². The van der Waals surface area contributed by atoms with Gasteiger partial charge in [0.2, 0.25) is 11.8 Å². The van der Waals surface area contributed by atoms with Gasteiger partial charge in [0.05, 0.1) is 0 Å². The highest BCUT2D eigenvalue weighted by molar-refractivity contribution is 5.96. The van der Waals surface area contributed by atoms with E-state index >= 15 is 0 Å². The second-order valence-corrected chi connectivity index (χ2v) is 6.94. The van der Waals surface area contributed by atoms with E-state index in [1.807, 2.05) is 11.8 Å². The summed E-state index contributed by atoms with van der Waals surface area (Å²) in [7, 11) is 1.75. The predicted octanol–water partition coefficient (Wildman–Crippen LogP) is 0.940. The third kappa shape index (κ3) is 2.80. The molecule has 3 rings (SSSR count). The standard InChI is InChI=1S/C16H27N3O2/c1-12-15(20)19-9-8-18(10-13-6-4-3-5-7-13)11-14(19)16(21)17(12)2/h12-14H,3-11H2,1-2H3/t12-,14+/m0/s1. The number of carbonyl (C=O) groups excluding carboxylic acids is 2. The molecule has 3 aliphatic rings. The van der Waals surface area contributed by atoms with E-state index in [2.05, 4.69) is 4.90 Å². The average Bonchev–Trinajstić information content (AvgIpc) is 2.52. The number of hydrogen-bond donors (Lipinski definition) is 0. The number of likely N-dealkylation sites (N-methyl/N-ethyl adjacent to an activating group) is 1. The van der Waals surface area contributed by atoms with Crippen molar-refractivity contribution in [2.24, 2.45) is 5.92 Å². The molecular weight excluding hydrogens is 266 g/mol. The molecule has 0 aromatic carbocycles. The van der Waals surface area contributed by atoms with Crippen molar-refractivity contribution < 1.29 is 9.59 Å². The van der Waals surface area contributed by atoms with E-state index < -0.39 is 0 Å². The van der Waals surface area contributed by atoms with Gasteiger partial charge in [0.15, 0.2) is 0 Å². The Balaban J connectivity index is 1.63. The molecule has 5 nitrogen and oxygen atoms in total. The van der Waals surface area contributed by atoms with Crippen LogP contribution in [0.3, 0.4) is 0 Å². The fourth-order valence-corrected chi connectivity index (χ4v) is 4.05. The van der Waals surface area contributed by atoms with E-state index in [1.54, 1.807) is 11.9 Å². The summed E-state index contributed by atoms with van der Waals surface area (Å²) in [5.74, 6) is 1.01. The minimum absolute atomic E-state index is 0.107.